The van der Waals surface area contributed by atoms with Crippen LogP contribution in [-0.4, -0.2) is 37.7 Å². The molecule has 0 saturated carbocycles. The third-order valence-corrected chi connectivity index (χ3v) is 6.46. The standard InChI is InChI=1S/C23H31NO/c1-17-6-5-9-21(12-17)22-10-11-24(16-23(22)25-2)15-18-13-19-7-3-4-8-20(19)14-18/h3-8,12,18,21-23H,9-11,13-16H2,1-2H3/t21?,22-,23+/m1/s1. The van der Waals surface area contributed by atoms with Gasteiger partial charge in [-0.3, -0.25) is 0 Å². The summed E-state index contributed by atoms with van der Waals surface area (Å²) in [6.45, 7) is 5.77. The smallest absolute Gasteiger partial charge is 0.0732 e. The van der Waals surface area contributed by atoms with Crippen molar-refractivity contribution < 1.29 is 4.74 Å². The Morgan fingerprint density at radius 3 is 2.60 bits per heavy atom. The number of likely N-dealkylation sites (tertiary alicyclic amines) is 1. The summed E-state index contributed by atoms with van der Waals surface area (Å²) >= 11 is 0. The van der Waals surface area contributed by atoms with Crippen molar-refractivity contribution in [2.24, 2.45) is 17.8 Å². The van der Waals surface area contributed by atoms with E-state index in [1.54, 1.807) is 11.1 Å². The van der Waals surface area contributed by atoms with Crippen molar-refractivity contribution in [2.75, 3.05) is 26.7 Å². The molecule has 1 aliphatic heterocycles. The molecule has 1 aromatic rings. The van der Waals surface area contributed by atoms with E-state index in [4.69, 9.17) is 4.74 Å². The van der Waals surface area contributed by atoms with E-state index in [1.807, 2.05) is 7.11 Å². The van der Waals surface area contributed by atoms with E-state index in [1.165, 1.54) is 44.3 Å². The molecule has 3 atom stereocenters. The molecule has 4 rings (SSSR count). The van der Waals surface area contributed by atoms with E-state index in [2.05, 4.69) is 54.3 Å². The van der Waals surface area contributed by atoms with Crippen LogP contribution in [0.15, 0.2) is 48.1 Å². The number of allylic oxidation sites excluding steroid dienone is 4. The molecule has 0 amide bonds. The molecule has 0 radical (unpaired) electrons. The summed E-state index contributed by atoms with van der Waals surface area (Å²) in [5, 5.41) is 0. The first kappa shape index (κ1) is 17.1. The highest BCUT2D eigenvalue weighted by Crippen LogP contribution is 2.34. The van der Waals surface area contributed by atoms with Gasteiger partial charge in [0.1, 0.15) is 0 Å². The highest BCUT2D eigenvalue weighted by Gasteiger charge is 2.35. The van der Waals surface area contributed by atoms with Crippen LogP contribution in [0.5, 0.6) is 0 Å². The third-order valence-electron chi connectivity index (χ3n) is 6.46. The van der Waals surface area contributed by atoms with Crippen LogP contribution >= 0.6 is 0 Å². The average Bonchev–Trinajstić information content (AvgIpc) is 3.03. The van der Waals surface area contributed by atoms with Gasteiger partial charge < -0.3 is 9.64 Å². The Hall–Kier alpha value is -1.38. The van der Waals surface area contributed by atoms with Gasteiger partial charge in [-0.1, -0.05) is 48.1 Å². The number of rotatable bonds is 4. The summed E-state index contributed by atoms with van der Waals surface area (Å²) in [6.07, 6.45) is 12.4. The summed E-state index contributed by atoms with van der Waals surface area (Å²) in [5.41, 5.74) is 4.55. The van der Waals surface area contributed by atoms with Gasteiger partial charge in [-0.2, -0.15) is 0 Å². The summed E-state index contributed by atoms with van der Waals surface area (Å²) in [5.74, 6) is 2.11. The first-order chi connectivity index (χ1) is 12.2. The van der Waals surface area contributed by atoms with Gasteiger partial charge in [0, 0.05) is 20.2 Å². The summed E-state index contributed by atoms with van der Waals surface area (Å²) in [6, 6.07) is 8.99. The number of ether oxygens (including phenoxy) is 1. The highest BCUT2D eigenvalue weighted by atomic mass is 16.5. The normalized spacial score (nSPS) is 30.3. The van der Waals surface area contributed by atoms with Crippen LogP contribution in [-0.2, 0) is 17.6 Å². The molecule has 1 heterocycles. The van der Waals surface area contributed by atoms with Gasteiger partial charge in [-0.15, -0.1) is 0 Å². The molecule has 1 saturated heterocycles. The average molecular weight is 338 g/mol. The maximum absolute atomic E-state index is 5.95. The molecule has 134 valence electrons. The molecule has 1 unspecified atom stereocenters. The number of hydrogen-bond donors (Lipinski definition) is 0. The Bertz CT molecular complexity index is 637. The molecule has 25 heavy (non-hydrogen) atoms. The zero-order chi connectivity index (χ0) is 17.2. The van der Waals surface area contributed by atoms with E-state index in [-0.39, 0.29) is 0 Å². The number of piperidine rings is 1. The maximum atomic E-state index is 5.95. The minimum Gasteiger partial charge on any atom is -0.380 e. The van der Waals surface area contributed by atoms with Crippen molar-refractivity contribution in [3.8, 4) is 0 Å². The van der Waals surface area contributed by atoms with E-state index in [9.17, 15) is 0 Å². The molecule has 0 bridgehead atoms. The van der Waals surface area contributed by atoms with Crippen molar-refractivity contribution >= 4 is 0 Å². The summed E-state index contributed by atoms with van der Waals surface area (Å²) < 4.78 is 5.95. The van der Waals surface area contributed by atoms with Crippen molar-refractivity contribution in [2.45, 2.75) is 38.7 Å². The first-order valence-electron chi connectivity index (χ1n) is 9.90. The Labute approximate surface area is 152 Å². The SMILES string of the molecule is CO[C@H]1CN(CC2Cc3ccccc3C2)CC[C@@H]1C1C=C(C)C=CC1. The zero-order valence-electron chi connectivity index (χ0n) is 15.7. The van der Waals surface area contributed by atoms with Crippen LogP contribution in [0.2, 0.25) is 0 Å². The predicted octanol–water partition coefficient (Wildman–Crippen LogP) is 4.26. The lowest BCUT2D eigenvalue weighted by Crippen LogP contribution is -2.48. The van der Waals surface area contributed by atoms with E-state index in [0.717, 1.165) is 12.5 Å². The Balaban J connectivity index is 1.35. The molecule has 2 aliphatic carbocycles. The van der Waals surface area contributed by atoms with Crippen molar-refractivity contribution in [3.05, 3.63) is 59.2 Å². The number of benzene rings is 1. The second kappa shape index (κ2) is 7.47. The van der Waals surface area contributed by atoms with Crippen LogP contribution in [0.25, 0.3) is 0 Å². The predicted molar refractivity (Wildman–Crippen MR) is 104 cm³/mol. The van der Waals surface area contributed by atoms with Crippen LogP contribution in [0.3, 0.4) is 0 Å². The Kier molecular flexibility index (Phi) is 5.10. The molecule has 1 aromatic carbocycles. The van der Waals surface area contributed by atoms with Crippen molar-refractivity contribution in [1.82, 2.24) is 4.90 Å². The lowest BCUT2D eigenvalue weighted by atomic mass is 9.78. The third kappa shape index (κ3) is 3.75. The van der Waals surface area contributed by atoms with Crippen molar-refractivity contribution in [1.29, 1.82) is 0 Å². The fraction of sp³-hybridized carbons (Fsp3) is 0.565. The monoisotopic (exact) mass is 337 g/mol. The minimum absolute atomic E-state index is 0.373. The molecule has 2 nitrogen and oxygen atoms in total. The summed E-state index contributed by atoms with van der Waals surface area (Å²) in [7, 11) is 1.90. The van der Waals surface area contributed by atoms with Gasteiger partial charge in [0.15, 0.2) is 0 Å². The van der Waals surface area contributed by atoms with Crippen LogP contribution in [0.1, 0.15) is 30.9 Å². The number of fused-ring (bicyclic) bond motifs is 1. The number of methoxy groups -OCH3 is 1. The fourth-order valence-electron chi connectivity index (χ4n) is 5.22. The molecule has 1 fully saturated rings. The van der Waals surface area contributed by atoms with E-state index >= 15 is 0 Å². The molecule has 0 N–H and O–H groups in total. The Morgan fingerprint density at radius 1 is 1.16 bits per heavy atom. The number of nitrogens with zero attached hydrogens (tertiary/aromatic N) is 1. The van der Waals surface area contributed by atoms with Gasteiger partial charge in [-0.05, 0) is 68.0 Å². The van der Waals surface area contributed by atoms with Gasteiger partial charge in [0.25, 0.3) is 0 Å². The second-order valence-corrected chi connectivity index (χ2v) is 8.24. The lowest BCUT2D eigenvalue weighted by Gasteiger charge is -2.41. The largest absolute Gasteiger partial charge is 0.380 e. The minimum atomic E-state index is 0.373. The van der Waals surface area contributed by atoms with Crippen LogP contribution in [0, 0.1) is 17.8 Å². The molecular weight excluding hydrogens is 306 g/mol. The van der Waals surface area contributed by atoms with Crippen molar-refractivity contribution in [3.63, 3.8) is 0 Å². The second-order valence-electron chi connectivity index (χ2n) is 8.24. The molecular formula is C23H31NO. The van der Waals surface area contributed by atoms with Crippen LogP contribution in [0.4, 0.5) is 0 Å². The van der Waals surface area contributed by atoms with Gasteiger partial charge in [0.05, 0.1) is 6.10 Å². The topological polar surface area (TPSA) is 12.5 Å². The van der Waals surface area contributed by atoms with E-state index in [0.29, 0.717) is 17.9 Å². The van der Waals surface area contributed by atoms with Gasteiger partial charge in [-0.25, -0.2) is 0 Å². The summed E-state index contributed by atoms with van der Waals surface area (Å²) in [4.78, 5) is 2.66. The number of hydrogen-bond acceptors (Lipinski definition) is 2. The highest BCUT2D eigenvalue weighted by molar-refractivity contribution is 5.32. The molecule has 0 spiro atoms. The quantitative estimate of drug-likeness (QED) is 0.814. The molecule has 3 aliphatic rings. The molecule has 2 heteroatoms. The lowest BCUT2D eigenvalue weighted by molar-refractivity contribution is -0.0286. The molecule has 0 aromatic heterocycles. The van der Waals surface area contributed by atoms with E-state index < -0.39 is 0 Å². The van der Waals surface area contributed by atoms with Gasteiger partial charge >= 0.3 is 0 Å². The van der Waals surface area contributed by atoms with Crippen LogP contribution < -0.4 is 0 Å². The fourth-order valence-corrected chi connectivity index (χ4v) is 5.22. The zero-order valence-corrected chi connectivity index (χ0v) is 15.7. The first-order valence-corrected chi connectivity index (χ1v) is 9.90. The maximum Gasteiger partial charge on any atom is 0.0732 e. The van der Waals surface area contributed by atoms with Gasteiger partial charge in [0.2, 0.25) is 0 Å². The Morgan fingerprint density at radius 2 is 1.92 bits per heavy atom.